The monoisotopic (exact) mass is 662 g/mol. The van der Waals surface area contributed by atoms with Crippen molar-refractivity contribution in [3.63, 3.8) is 0 Å². The van der Waals surface area contributed by atoms with Crippen molar-refractivity contribution in [1.82, 2.24) is 0 Å². The summed E-state index contributed by atoms with van der Waals surface area (Å²) in [4.78, 5) is 24.9. The summed E-state index contributed by atoms with van der Waals surface area (Å²) >= 11 is 0. The zero-order valence-electron chi connectivity index (χ0n) is 32.1. The summed E-state index contributed by atoms with van der Waals surface area (Å²) in [7, 11) is 6.14. The first-order valence-electron chi connectivity index (χ1n) is 20.1. The molecule has 0 N–H and O–H groups in total. The van der Waals surface area contributed by atoms with E-state index in [1.807, 2.05) is 21.1 Å². The molecule has 0 saturated heterocycles. The molecular weight excluding hydrogens is 582 g/mol. The molecule has 0 saturated carbocycles. The minimum Gasteiger partial charge on any atom is -0.633 e. The van der Waals surface area contributed by atoms with Gasteiger partial charge in [-0.15, -0.1) is 6.61 Å². The van der Waals surface area contributed by atoms with Crippen molar-refractivity contribution in [2.75, 3.05) is 27.7 Å². The van der Waals surface area contributed by atoms with Crippen LogP contribution in [0, 0.1) is 6.61 Å². The number of carbonyl (C=O) groups excluding carboxylic acids is 2. The van der Waals surface area contributed by atoms with Gasteiger partial charge in [-0.1, -0.05) is 141 Å². The van der Waals surface area contributed by atoms with Crippen LogP contribution >= 0.6 is 0 Å². The number of nitrogens with zero attached hydrogens (tertiary/aromatic N) is 1. The number of ether oxygens (including phenoxy) is 2. The number of hydrogen-bond acceptors (Lipinski definition) is 4. The zero-order valence-corrected chi connectivity index (χ0v) is 32.1. The second kappa shape index (κ2) is 34.3. The second-order valence-electron chi connectivity index (χ2n) is 14.8. The van der Waals surface area contributed by atoms with E-state index in [-0.39, 0.29) is 11.9 Å². The highest BCUT2D eigenvalue weighted by atomic mass is 16.6. The van der Waals surface area contributed by atoms with Crippen LogP contribution < -0.4 is 0 Å². The summed E-state index contributed by atoms with van der Waals surface area (Å²) in [6, 6.07) is 0. The van der Waals surface area contributed by atoms with Crippen molar-refractivity contribution in [3.05, 3.63) is 30.9 Å². The molecule has 0 aromatic carbocycles. The van der Waals surface area contributed by atoms with E-state index in [0.29, 0.717) is 23.9 Å². The molecule has 5 heteroatoms. The predicted molar refractivity (Wildman–Crippen MR) is 202 cm³/mol. The van der Waals surface area contributed by atoms with Crippen LogP contribution in [0.5, 0.6) is 0 Å². The van der Waals surface area contributed by atoms with Gasteiger partial charge in [-0.3, -0.25) is 9.59 Å². The smallest absolute Gasteiger partial charge is 0.303 e. The third kappa shape index (κ3) is 37.1. The number of rotatable bonds is 35. The SMILES string of the molecule is CCCCCCCC/C=C\CCCCCCCC(=O)O[CH-]C(C[N+](C)(C)C)OC(=O)CCCCCCC/C=C\CCCCCCCC. The highest BCUT2D eigenvalue weighted by molar-refractivity contribution is 5.70. The number of carbonyl (C=O) groups is 2. The Hall–Kier alpha value is -1.62. The van der Waals surface area contributed by atoms with Crippen molar-refractivity contribution in [1.29, 1.82) is 0 Å². The van der Waals surface area contributed by atoms with Crippen molar-refractivity contribution < 1.29 is 23.5 Å². The normalized spacial score (nSPS) is 12.7. The quantitative estimate of drug-likeness (QED) is 0.0223. The van der Waals surface area contributed by atoms with E-state index in [1.165, 1.54) is 122 Å². The van der Waals surface area contributed by atoms with Crippen LogP contribution in [0.25, 0.3) is 0 Å². The first-order valence-corrected chi connectivity index (χ1v) is 20.1. The average Bonchev–Trinajstić information content (AvgIpc) is 3.03. The Kier molecular flexibility index (Phi) is 33.1. The van der Waals surface area contributed by atoms with Crippen LogP contribution in [0.1, 0.15) is 194 Å². The molecule has 0 aromatic rings. The van der Waals surface area contributed by atoms with Crippen LogP contribution in [0.15, 0.2) is 24.3 Å². The van der Waals surface area contributed by atoms with Crippen LogP contribution in [-0.2, 0) is 19.1 Å². The van der Waals surface area contributed by atoms with E-state index in [0.717, 1.165) is 51.4 Å². The van der Waals surface area contributed by atoms with Crippen molar-refractivity contribution in [2.45, 2.75) is 200 Å². The van der Waals surface area contributed by atoms with Gasteiger partial charge in [0.15, 0.2) is 0 Å². The summed E-state index contributed by atoms with van der Waals surface area (Å²) in [6.07, 6.45) is 41.7. The lowest BCUT2D eigenvalue weighted by molar-refractivity contribution is -0.873. The molecule has 0 amide bonds. The van der Waals surface area contributed by atoms with Gasteiger partial charge in [0, 0.05) is 12.8 Å². The van der Waals surface area contributed by atoms with E-state index < -0.39 is 6.10 Å². The number of likely N-dealkylation sites (N-methyl/N-ethyl adjacent to an activating group) is 1. The topological polar surface area (TPSA) is 52.6 Å². The molecular formula is C42H79NO4. The molecule has 0 aromatic heterocycles. The molecule has 0 rings (SSSR count). The minimum atomic E-state index is -0.524. The molecule has 0 bridgehead atoms. The number of allylic oxidation sites excluding steroid dienone is 4. The molecule has 276 valence electrons. The Balaban J connectivity index is 3.89. The van der Waals surface area contributed by atoms with Crippen LogP contribution in [0.4, 0.5) is 0 Å². The fourth-order valence-electron chi connectivity index (χ4n) is 5.77. The molecule has 1 atom stereocenters. The van der Waals surface area contributed by atoms with Gasteiger partial charge < -0.3 is 14.0 Å². The van der Waals surface area contributed by atoms with Crippen molar-refractivity contribution in [2.24, 2.45) is 0 Å². The molecule has 0 aliphatic rings. The Morgan fingerprint density at radius 2 is 0.851 bits per heavy atom. The Morgan fingerprint density at radius 3 is 1.23 bits per heavy atom. The summed E-state index contributed by atoms with van der Waals surface area (Å²) in [5.41, 5.74) is 0. The molecule has 0 radical (unpaired) electrons. The molecule has 5 nitrogen and oxygen atoms in total. The second-order valence-corrected chi connectivity index (χ2v) is 14.8. The van der Waals surface area contributed by atoms with Gasteiger partial charge in [0.1, 0.15) is 0 Å². The maximum absolute atomic E-state index is 12.5. The van der Waals surface area contributed by atoms with E-state index >= 15 is 0 Å². The highest BCUT2D eigenvalue weighted by Gasteiger charge is 2.17. The maximum Gasteiger partial charge on any atom is 0.303 e. The van der Waals surface area contributed by atoms with E-state index in [1.54, 1.807) is 0 Å². The maximum atomic E-state index is 12.5. The fourth-order valence-corrected chi connectivity index (χ4v) is 5.77. The van der Waals surface area contributed by atoms with Crippen molar-refractivity contribution in [3.8, 4) is 0 Å². The lowest BCUT2D eigenvalue weighted by Gasteiger charge is -2.34. The molecule has 0 heterocycles. The summed E-state index contributed by atoms with van der Waals surface area (Å²) in [5.74, 6) is -0.437. The zero-order chi connectivity index (χ0) is 34.7. The highest BCUT2D eigenvalue weighted by Crippen LogP contribution is 2.14. The standard InChI is InChI=1S/C42H79NO4/c1-6-8-10-12-14-16-18-20-22-24-26-28-30-32-34-36-41(44)46-39-40(38-43(3,4)5)47-42(45)37-35-33-31-29-27-25-23-21-19-17-15-13-11-9-7-2/h20-23,39-40H,6-19,24-38H2,1-5H3/b22-20-,23-21-. The largest absolute Gasteiger partial charge is 0.633 e. The Labute approximate surface area is 293 Å². The molecule has 0 fully saturated rings. The van der Waals surface area contributed by atoms with Crippen LogP contribution in [-0.4, -0.2) is 50.2 Å². The molecule has 0 aliphatic heterocycles. The lowest BCUT2D eigenvalue weighted by atomic mass is 10.1. The average molecular weight is 662 g/mol. The predicted octanol–water partition coefficient (Wildman–Crippen LogP) is 12.4. The van der Waals surface area contributed by atoms with Crippen molar-refractivity contribution >= 4 is 11.9 Å². The first kappa shape index (κ1) is 45.4. The molecule has 0 aliphatic carbocycles. The third-order valence-electron chi connectivity index (χ3n) is 8.65. The Bertz CT molecular complexity index is 754. The van der Waals surface area contributed by atoms with Gasteiger partial charge in [0.25, 0.3) is 5.97 Å². The minimum absolute atomic E-state index is 0.203. The Morgan fingerprint density at radius 1 is 0.511 bits per heavy atom. The fraction of sp³-hybridized carbons (Fsp3) is 0.833. The van der Waals surface area contributed by atoms with Gasteiger partial charge >= 0.3 is 5.97 Å². The van der Waals surface area contributed by atoms with Crippen LogP contribution in [0.3, 0.4) is 0 Å². The third-order valence-corrected chi connectivity index (χ3v) is 8.65. The van der Waals surface area contributed by atoms with Gasteiger partial charge in [-0.2, -0.15) is 0 Å². The van der Waals surface area contributed by atoms with E-state index in [2.05, 4.69) is 38.2 Å². The number of unbranched alkanes of at least 4 members (excludes halogenated alkanes) is 22. The van der Waals surface area contributed by atoms with Gasteiger partial charge in [-0.25, -0.2) is 0 Å². The molecule has 47 heavy (non-hydrogen) atoms. The molecule has 0 spiro atoms. The first-order chi connectivity index (χ1) is 22.8. The van der Waals surface area contributed by atoms with Gasteiger partial charge in [0.05, 0.1) is 33.8 Å². The van der Waals surface area contributed by atoms with Gasteiger partial charge in [-0.05, 0) is 64.2 Å². The number of esters is 2. The summed E-state index contributed by atoms with van der Waals surface area (Å²) in [6.45, 7) is 6.55. The van der Waals surface area contributed by atoms with E-state index in [4.69, 9.17) is 9.47 Å². The van der Waals surface area contributed by atoms with Crippen LogP contribution in [0.2, 0.25) is 0 Å². The molecule has 1 unspecified atom stereocenters. The van der Waals surface area contributed by atoms with Gasteiger partial charge in [0.2, 0.25) is 0 Å². The van der Waals surface area contributed by atoms with E-state index in [9.17, 15) is 9.59 Å². The number of quaternary nitrogens is 1. The number of hydrogen-bond donors (Lipinski definition) is 0. The lowest BCUT2D eigenvalue weighted by Crippen LogP contribution is -2.43. The summed E-state index contributed by atoms with van der Waals surface area (Å²) in [5, 5.41) is 0. The summed E-state index contributed by atoms with van der Waals surface area (Å²) < 4.78 is 11.8.